The van der Waals surface area contributed by atoms with E-state index in [9.17, 15) is 0 Å². The van der Waals surface area contributed by atoms with Gasteiger partial charge >= 0.3 is 8.56 Å². The SMILES string of the molecule is CO[C@@H]1C[C@H](C)O[C@@H](C#C[C@H](C)[C@@H]2O[Si](C(C)(C)C)(C(C)(C)C)O[C@@H](CCOCc3ccccc3)[C@H]2C)C1. The van der Waals surface area contributed by atoms with Crippen molar-refractivity contribution in [1.82, 2.24) is 0 Å². The van der Waals surface area contributed by atoms with E-state index in [1.165, 1.54) is 5.56 Å². The van der Waals surface area contributed by atoms with E-state index < -0.39 is 8.56 Å². The van der Waals surface area contributed by atoms with Crippen LogP contribution in [0.3, 0.4) is 0 Å². The zero-order chi connectivity index (χ0) is 28.1. The molecule has 0 saturated carbocycles. The van der Waals surface area contributed by atoms with E-state index in [0.717, 1.165) is 19.3 Å². The molecule has 0 bridgehead atoms. The van der Waals surface area contributed by atoms with E-state index in [-0.39, 0.29) is 52.4 Å². The van der Waals surface area contributed by atoms with Crippen LogP contribution in [0.1, 0.15) is 87.1 Å². The summed E-state index contributed by atoms with van der Waals surface area (Å²) in [6.07, 6.45) is 2.88. The monoisotopic (exact) mass is 544 g/mol. The molecule has 0 aromatic heterocycles. The summed E-state index contributed by atoms with van der Waals surface area (Å²) < 4.78 is 32.2. The molecular weight excluding hydrogens is 492 g/mol. The number of methoxy groups -OCH3 is 1. The van der Waals surface area contributed by atoms with Gasteiger partial charge in [-0.2, -0.15) is 0 Å². The van der Waals surface area contributed by atoms with Gasteiger partial charge in [0, 0.05) is 42.0 Å². The summed E-state index contributed by atoms with van der Waals surface area (Å²) in [7, 11) is -0.934. The molecule has 2 fully saturated rings. The van der Waals surface area contributed by atoms with Crippen LogP contribution < -0.4 is 0 Å². The molecule has 214 valence electrons. The van der Waals surface area contributed by atoms with Crippen molar-refractivity contribution < 1.29 is 23.1 Å². The third-order valence-corrected chi connectivity index (χ3v) is 13.3. The lowest BCUT2D eigenvalue weighted by atomic mass is 9.88. The van der Waals surface area contributed by atoms with E-state index >= 15 is 0 Å². The molecule has 0 spiro atoms. The summed E-state index contributed by atoms with van der Waals surface area (Å²) in [6, 6.07) is 10.3. The topological polar surface area (TPSA) is 46.2 Å². The van der Waals surface area contributed by atoms with Gasteiger partial charge in [0.2, 0.25) is 0 Å². The zero-order valence-electron chi connectivity index (χ0n) is 25.5. The third kappa shape index (κ3) is 7.50. The summed E-state index contributed by atoms with van der Waals surface area (Å²) in [4.78, 5) is 0. The van der Waals surface area contributed by atoms with Gasteiger partial charge in [0.15, 0.2) is 0 Å². The second-order valence-electron chi connectivity index (χ2n) is 13.4. The molecule has 6 heteroatoms. The fourth-order valence-corrected chi connectivity index (χ4v) is 11.5. The van der Waals surface area contributed by atoms with Crippen LogP contribution in [0.15, 0.2) is 30.3 Å². The lowest BCUT2D eigenvalue weighted by Gasteiger charge is -2.57. The Morgan fingerprint density at radius 1 is 1.00 bits per heavy atom. The first-order chi connectivity index (χ1) is 17.8. The lowest BCUT2D eigenvalue weighted by Crippen LogP contribution is -2.66. The van der Waals surface area contributed by atoms with Crippen LogP contribution in [-0.4, -0.2) is 52.8 Å². The molecule has 0 N–H and O–H groups in total. The Kier molecular flexibility index (Phi) is 10.7. The first-order valence-electron chi connectivity index (χ1n) is 14.4. The van der Waals surface area contributed by atoms with Crippen LogP contribution in [0.2, 0.25) is 10.1 Å². The fourth-order valence-electron chi connectivity index (χ4n) is 6.22. The Bertz CT molecular complexity index is 911. The van der Waals surface area contributed by atoms with Crippen molar-refractivity contribution in [2.24, 2.45) is 11.8 Å². The number of rotatable bonds is 7. The van der Waals surface area contributed by atoms with Gasteiger partial charge in [-0.1, -0.05) is 90.6 Å². The van der Waals surface area contributed by atoms with Gasteiger partial charge < -0.3 is 23.1 Å². The molecule has 1 aromatic rings. The average Bonchev–Trinajstić information content (AvgIpc) is 2.84. The van der Waals surface area contributed by atoms with Gasteiger partial charge in [0.1, 0.15) is 6.10 Å². The minimum Gasteiger partial charge on any atom is -0.390 e. The van der Waals surface area contributed by atoms with Crippen molar-refractivity contribution in [3.63, 3.8) is 0 Å². The van der Waals surface area contributed by atoms with E-state index in [1.54, 1.807) is 7.11 Å². The maximum absolute atomic E-state index is 7.19. The highest BCUT2D eigenvalue weighted by atomic mass is 28.4. The molecule has 5 nitrogen and oxygen atoms in total. The summed E-state index contributed by atoms with van der Waals surface area (Å²) in [5.41, 5.74) is 1.19. The Morgan fingerprint density at radius 2 is 1.66 bits per heavy atom. The minimum atomic E-state index is -2.71. The number of hydrogen-bond donors (Lipinski definition) is 0. The first kappa shape index (κ1) is 31.3. The first-order valence-corrected chi connectivity index (χ1v) is 16.3. The van der Waals surface area contributed by atoms with Crippen LogP contribution in [0.4, 0.5) is 0 Å². The predicted molar refractivity (Wildman–Crippen MR) is 156 cm³/mol. The van der Waals surface area contributed by atoms with Gasteiger partial charge in [0.05, 0.1) is 31.0 Å². The van der Waals surface area contributed by atoms with Crippen molar-refractivity contribution in [2.45, 2.75) is 129 Å². The summed E-state index contributed by atoms with van der Waals surface area (Å²) in [6.45, 7) is 21.5. The van der Waals surface area contributed by atoms with Gasteiger partial charge in [-0.05, 0) is 32.3 Å². The van der Waals surface area contributed by atoms with Crippen molar-refractivity contribution in [1.29, 1.82) is 0 Å². The predicted octanol–water partition coefficient (Wildman–Crippen LogP) is 7.28. The van der Waals surface area contributed by atoms with Crippen LogP contribution in [-0.2, 0) is 29.7 Å². The van der Waals surface area contributed by atoms with Crippen LogP contribution >= 0.6 is 0 Å². The highest BCUT2D eigenvalue weighted by molar-refractivity contribution is 6.73. The van der Waals surface area contributed by atoms with Crippen LogP contribution in [0.5, 0.6) is 0 Å². The summed E-state index contributed by atoms with van der Waals surface area (Å²) in [5, 5.41) is -0.207. The Labute approximate surface area is 233 Å². The number of hydrogen-bond acceptors (Lipinski definition) is 5. The normalized spacial score (nSPS) is 30.8. The molecule has 2 aliphatic heterocycles. The largest absolute Gasteiger partial charge is 0.390 e. The smallest absolute Gasteiger partial charge is 0.349 e. The van der Waals surface area contributed by atoms with Crippen molar-refractivity contribution in [3.8, 4) is 11.8 Å². The molecule has 7 atom stereocenters. The molecule has 3 rings (SSSR count). The van der Waals surface area contributed by atoms with Gasteiger partial charge in [-0.15, -0.1) is 0 Å². The number of benzene rings is 1. The zero-order valence-corrected chi connectivity index (χ0v) is 26.5. The molecule has 1 aromatic carbocycles. The highest BCUT2D eigenvalue weighted by Crippen LogP contribution is 2.56. The summed E-state index contributed by atoms with van der Waals surface area (Å²) >= 11 is 0. The van der Waals surface area contributed by atoms with E-state index in [0.29, 0.717) is 13.2 Å². The third-order valence-electron chi connectivity index (χ3n) is 8.12. The molecule has 0 unspecified atom stereocenters. The van der Waals surface area contributed by atoms with Gasteiger partial charge in [0.25, 0.3) is 0 Å². The Hall–Kier alpha value is -1.20. The molecule has 2 heterocycles. The molecule has 38 heavy (non-hydrogen) atoms. The van der Waals surface area contributed by atoms with Crippen LogP contribution in [0.25, 0.3) is 0 Å². The molecule has 0 aliphatic carbocycles. The lowest BCUT2D eigenvalue weighted by molar-refractivity contribution is -0.0867. The Morgan fingerprint density at radius 3 is 2.26 bits per heavy atom. The highest BCUT2D eigenvalue weighted by Gasteiger charge is 2.63. The molecule has 2 saturated heterocycles. The van der Waals surface area contributed by atoms with E-state index in [2.05, 4.69) is 98.4 Å². The van der Waals surface area contributed by atoms with Gasteiger partial charge in [-0.3, -0.25) is 0 Å². The average molecular weight is 545 g/mol. The maximum atomic E-state index is 7.19. The molecule has 2 aliphatic rings. The van der Waals surface area contributed by atoms with E-state index in [4.69, 9.17) is 23.1 Å². The standard InChI is InChI=1S/C32H52O5Si/c1-23(16-17-27-21-28(33-10)20-24(2)35-27)30-25(3)29(18-19-34-22-26-14-12-11-13-15-26)36-38(37-30,31(4,5)6)32(7,8)9/h11-15,23-25,27-30H,18-22H2,1-10H3/t23-,24-,25+,27-,28+,29-,30-/m0/s1. The second kappa shape index (κ2) is 13.0. The molecule has 0 radical (unpaired) electrons. The van der Waals surface area contributed by atoms with Gasteiger partial charge in [-0.25, -0.2) is 0 Å². The number of ether oxygens (including phenoxy) is 3. The Balaban J connectivity index is 1.80. The van der Waals surface area contributed by atoms with E-state index in [1.807, 2.05) is 6.07 Å². The molecule has 0 amide bonds. The van der Waals surface area contributed by atoms with Crippen LogP contribution in [0, 0.1) is 23.7 Å². The minimum absolute atomic E-state index is 0.0141. The molecular formula is C32H52O5Si. The second-order valence-corrected chi connectivity index (χ2v) is 18.1. The maximum Gasteiger partial charge on any atom is 0.349 e. The quantitative estimate of drug-likeness (QED) is 0.205. The summed E-state index contributed by atoms with van der Waals surface area (Å²) in [5.74, 6) is 7.24. The van der Waals surface area contributed by atoms with Crippen molar-refractivity contribution in [2.75, 3.05) is 13.7 Å². The van der Waals surface area contributed by atoms with Crippen molar-refractivity contribution >= 4 is 8.56 Å². The fraction of sp³-hybridized carbons (Fsp3) is 0.750. The van der Waals surface area contributed by atoms with Crippen molar-refractivity contribution in [3.05, 3.63) is 35.9 Å².